The van der Waals surface area contributed by atoms with Crippen LogP contribution in [0.5, 0.6) is 0 Å². The van der Waals surface area contributed by atoms with E-state index in [2.05, 4.69) is 5.32 Å². The summed E-state index contributed by atoms with van der Waals surface area (Å²) >= 11 is 0. The molecular weight excluding hydrogens is 168 g/mol. The highest BCUT2D eigenvalue weighted by atomic mass is 16.2. The van der Waals surface area contributed by atoms with Crippen molar-refractivity contribution in [1.82, 2.24) is 10.2 Å². The molecule has 74 valence electrons. The van der Waals surface area contributed by atoms with Crippen LogP contribution in [0.25, 0.3) is 0 Å². The Morgan fingerprint density at radius 3 is 2.62 bits per heavy atom. The molecule has 1 amide bonds. The van der Waals surface area contributed by atoms with Crippen LogP contribution in [0.2, 0.25) is 0 Å². The third kappa shape index (κ3) is 2.81. The van der Waals surface area contributed by atoms with Crippen LogP contribution in [-0.4, -0.2) is 43.8 Å². The lowest BCUT2D eigenvalue weighted by molar-refractivity contribution is -0.132. The predicted octanol–water partition coefficient (Wildman–Crippen LogP) is -0.357. The lowest BCUT2D eigenvalue weighted by Crippen LogP contribution is -2.42. The summed E-state index contributed by atoms with van der Waals surface area (Å²) in [5, 5.41) is 2.83. The van der Waals surface area contributed by atoms with E-state index in [1.54, 1.807) is 7.05 Å². The molecule has 0 aromatic heterocycles. The number of hydrogen-bond acceptors (Lipinski definition) is 3. The van der Waals surface area contributed by atoms with Gasteiger partial charge in [-0.15, -0.1) is 0 Å². The van der Waals surface area contributed by atoms with Crippen LogP contribution >= 0.6 is 0 Å². The molecule has 13 heavy (non-hydrogen) atoms. The van der Waals surface area contributed by atoms with Crippen molar-refractivity contribution in [1.29, 1.82) is 0 Å². The maximum atomic E-state index is 11.4. The monoisotopic (exact) mass is 184 g/mol. The van der Waals surface area contributed by atoms with Crippen molar-refractivity contribution in [2.24, 2.45) is 5.92 Å². The number of carbonyl (C=O) groups excluding carboxylic acids is 2. The molecular formula is C9H16N2O2. The summed E-state index contributed by atoms with van der Waals surface area (Å²) in [6, 6.07) is 0. The number of amides is 1. The third-order valence-corrected chi connectivity index (χ3v) is 2.41. The lowest BCUT2D eigenvalue weighted by Gasteiger charge is -2.29. The van der Waals surface area contributed by atoms with Gasteiger partial charge in [0.05, 0.1) is 6.54 Å². The number of rotatable bonds is 3. The van der Waals surface area contributed by atoms with E-state index in [-0.39, 0.29) is 11.8 Å². The average molecular weight is 184 g/mol. The van der Waals surface area contributed by atoms with Crippen LogP contribution in [0.1, 0.15) is 12.8 Å². The minimum absolute atomic E-state index is 0.131. The summed E-state index contributed by atoms with van der Waals surface area (Å²) in [6.07, 6.45) is 2.64. The van der Waals surface area contributed by atoms with Gasteiger partial charge in [0, 0.05) is 19.0 Å². The molecule has 1 aliphatic heterocycles. The van der Waals surface area contributed by atoms with Crippen molar-refractivity contribution in [2.45, 2.75) is 12.8 Å². The Kier molecular flexibility index (Phi) is 3.89. The van der Waals surface area contributed by atoms with Gasteiger partial charge in [0.2, 0.25) is 5.91 Å². The van der Waals surface area contributed by atoms with Crippen molar-refractivity contribution < 1.29 is 9.59 Å². The largest absolute Gasteiger partial charge is 0.342 e. The standard InChI is InChI=1S/C9H16N2O2/c1-10-6-9(13)11-4-2-8(7-12)3-5-11/h7-8,10H,2-6H2,1H3. The van der Waals surface area contributed by atoms with Crippen LogP contribution in [0.4, 0.5) is 0 Å². The zero-order valence-electron chi connectivity index (χ0n) is 7.95. The Morgan fingerprint density at radius 1 is 1.54 bits per heavy atom. The summed E-state index contributed by atoms with van der Waals surface area (Å²) in [7, 11) is 1.76. The normalized spacial score (nSPS) is 18.7. The number of hydrogen-bond donors (Lipinski definition) is 1. The number of likely N-dealkylation sites (tertiary alicyclic amines) is 1. The zero-order chi connectivity index (χ0) is 9.68. The van der Waals surface area contributed by atoms with E-state index < -0.39 is 0 Å². The first-order valence-corrected chi connectivity index (χ1v) is 4.65. The molecule has 0 saturated carbocycles. The van der Waals surface area contributed by atoms with E-state index in [1.807, 2.05) is 4.90 Å². The summed E-state index contributed by atoms with van der Waals surface area (Å²) in [5.74, 6) is 0.297. The fourth-order valence-corrected chi connectivity index (χ4v) is 1.55. The van der Waals surface area contributed by atoms with E-state index >= 15 is 0 Å². The van der Waals surface area contributed by atoms with E-state index in [9.17, 15) is 9.59 Å². The number of piperidine rings is 1. The van der Waals surface area contributed by atoms with Gasteiger partial charge in [0.1, 0.15) is 6.29 Å². The second kappa shape index (κ2) is 4.97. The summed E-state index contributed by atoms with van der Waals surface area (Å²) in [4.78, 5) is 23.6. The average Bonchev–Trinajstić information content (AvgIpc) is 2.18. The highest BCUT2D eigenvalue weighted by Gasteiger charge is 2.21. The van der Waals surface area contributed by atoms with Gasteiger partial charge in [0.15, 0.2) is 0 Å². The topological polar surface area (TPSA) is 49.4 Å². The van der Waals surface area contributed by atoms with Gasteiger partial charge in [-0.05, 0) is 19.9 Å². The molecule has 0 spiro atoms. The molecule has 1 saturated heterocycles. The lowest BCUT2D eigenvalue weighted by atomic mass is 9.99. The van der Waals surface area contributed by atoms with Crippen LogP contribution in [0.3, 0.4) is 0 Å². The van der Waals surface area contributed by atoms with Gasteiger partial charge < -0.3 is 15.0 Å². The molecule has 0 unspecified atom stereocenters. The summed E-state index contributed by atoms with van der Waals surface area (Å²) < 4.78 is 0. The van der Waals surface area contributed by atoms with Crippen molar-refractivity contribution in [3.63, 3.8) is 0 Å². The highest BCUT2D eigenvalue weighted by molar-refractivity contribution is 5.78. The fourth-order valence-electron chi connectivity index (χ4n) is 1.55. The number of likely N-dealkylation sites (N-methyl/N-ethyl adjacent to an activating group) is 1. The second-order valence-electron chi connectivity index (χ2n) is 3.38. The Balaban J connectivity index is 2.31. The van der Waals surface area contributed by atoms with Gasteiger partial charge >= 0.3 is 0 Å². The SMILES string of the molecule is CNCC(=O)N1CCC(C=O)CC1. The van der Waals surface area contributed by atoms with Gasteiger partial charge in [0.25, 0.3) is 0 Å². The van der Waals surface area contributed by atoms with E-state index in [1.165, 1.54) is 0 Å². The molecule has 4 nitrogen and oxygen atoms in total. The first-order valence-electron chi connectivity index (χ1n) is 4.65. The summed E-state index contributed by atoms with van der Waals surface area (Å²) in [6.45, 7) is 1.85. The summed E-state index contributed by atoms with van der Waals surface area (Å²) in [5.41, 5.74) is 0. The Morgan fingerprint density at radius 2 is 2.15 bits per heavy atom. The molecule has 1 rings (SSSR count). The molecule has 0 aromatic rings. The number of nitrogens with one attached hydrogen (secondary N) is 1. The molecule has 1 aliphatic rings. The van der Waals surface area contributed by atoms with Crippen LogP contribution < -0.4 is 5.32 Å². The van der Waals surface area contributed by atoms with Gasteiger partial charge in [-0.3, -0.25) is 4.79 Å². The molecule has 0 aliphatic carbocycles. The third-order valence-electron chi connectivity index (χ3n) is 2.41. The van der Waals surface area contributed by atoms with Crippen LogP contribution in [0.15, 0.2) is 0 Å². The fraction of sp³-hybridized carbons (Fsp3) is 0.778. The quantitative estimate of drug-likeness (QED) is 0.610. The Hall–Kier alpha value is -0.900. The second-order valence-corrected chi connectivity index (χ2v) is 3.38. The maximum absolute atomic E-state index is 11.4. The molecule has 0 aromatic carbocycles. The van der Waals surface area contributed by atoms with E-state index in [4.69, 9.17) is 0 Å². The first kappa shape index (κ1) is 10.2. The van der Waals surface area contributed by atoms with Gasteiger partial charge in [-0.1, -0.05) is 0 Å². The molecule has 1 heterocycles. The smallest absolute Gasteiger partial charge is 0.236 e. The molecule has 4 heteroatoms. The highest BCUT2D eigenvalue weighted by Crippen LogP contribution is 2.14. The maximum Gasteiger partial charge on any atom is 0.236 e. The van der Waals surface area contributed by atoms with Crippen molar-refractivity contribution in [2.75, 3.05) is 26.7 Å². The zero-order valence-corrected chi connectivity index (χ0v) is 7.95. The van der Waals surface area contributed by atoms with Crippen molar-refractivity contribution >= 4 is 12.2 Å². The van der Waals surface area contributed by atoms with Crippen molar-refractivity contribution in [3.05, 3.63) is 0 Å². The van der Waals surface area contributed by atoms with Crippen LogP contribution in [-0.2, 0) is 9.59 Å². The number of aldehydes is 1. The first-order chi connectivity index (χ1) is 6.27. The van der Waals surface area contributed by atoms with Gasteiger partial charge in [-0.25, -0.2) is 0 Å². The van der Waals surface area contributed by atoms with E-state index in [0.717, 1.165) is 32.2 Å². The Bertz CT molecular complexity index is 186. The molecule has 0 bridgehead atoms. The van der Waals surface area contributed by atoms with Crippen LogP contribution in [0, 0.1) is 5.92 Å². The molecule has 1 N–H and O–H groups in total. The molecule has 1 fully saturated rings. The molecule has 0 radical (unpaired) electrons. The predicted molar refractivity (Wildman–Crippen MR) is 49.3 cm³/mol. The van der Waals surface area contributed by atoms with E-state index in [0.29, 0.717) is 6.54 Å². The number of nitrogens with zero attached hydrogens (tertiary/aromatic N) is 1. The van der Waals surface area contributed by atoms with Gasteiger partial charge in [-0.2, -0.15) is 0 Å². The number of carbonyl (C=O) groups is 2. The Labute approximate surface area is 78.3 Å². The minimum atomic E-state index is 0.131. The minimum Gasteiger partial charge on any atom is -0.342 e. The molecule has 0 atom stereocenters. The van der Waals surface area contributed by atoms with Crippen molar-refractivity contribution in [3.8, 4) is 0 Å².